The van der Waals surface area contributed by atoms with Crippen molar-refractivity contribution in [1.82, 2.24) is 15.2 Å². The number of nitrogens with zero attached hydrogens (tertiary/aromatic N) is 1. The average Bonchev–Trinajstić information content (AvgIpc) is 3.39. The zero-order chi connectivity index (χ0) is 23.5. The smallest absolute Gasteiger partial charge is 0.102 e. The van der Waals surface area contributed by atoms with Crippen molar-refractivity contribution in [2.45, 2.75) is 43.9 Å². The fourth-order valence-electron chi connectivity index (χ4n) is 5.77. The van der Waals surface area contributed by atoms with E-state index in [9.17, 15) is 0 Å². The fourth-order valence-corrected chi connectivity index (χ4v) is 5.77. The summed E-state index contributed by atoms with van der Waals surface area (Å²) >= 11 is 0. The maximum Gasteiger partial charge on any atom is 0.102 e. The van der Waals surface area contributed by atoms with Crippen LogP contribution in [0.15, 0.2) is 91.1 Å². The van der Waals surface area contributed by atoms with Gasteiger partial charge in [0, 0.05) is 36.7 Å². The highest BCUT2D eigenvalue weighted by Crippen LogP contribution is 2.34. The summed E-state index contributed by atoms with van der Waals surface area (Å²) in [5.41, 5.74) is 4.99. The molecule has 5 nitrogen and oxygen atoms in total. The van der Waals surface area contributed by atoms with Crippen LogP contribution in [-0.2, 0) is 29.1 Å². The number of benzene rings is 3. The van der Waals surface area contributed by atoms with Crippen LogP contribution in [0, 0.1) is 0 Å². The van der Waals surface area contributed by atoms with E-state index < -0.39 is 0 Å². The van der Waals surface area contributed by atoms with Crippen molar-refractivity contribution in [3.8, 4) is 0 Å². The van der Waals surface area contributed by atoms with Crippen LogP contribution in [-0.4, -0.2) is 53.8 Å². The third kappa shape index (κ3) is 4.78. The molecule has 35 heavy (non-hydrogen) atoms. The molecule has 4 atom stereocenters. The molecule has 0 radical (unpaired) electrons. The van der Waals surface area contributed by atoms with Gasteiger partial charge in [-0.3, -0.25) is 4.90 Å². The van der Waals surface area contributed by atoms with Crippen LogP contribution >= 0.6 is 0 Å². The predicted octanol–water partition coefficient (Wildman–Crippen LogP) is 4.54. The molecule has 3 heterocycles. The van der Waals surface area contributed by atoms with Gasteiger partial charge in [-0.15, -0.1) is 0 Å². The van der Waals surface area contributed by atoms with Crippen molar-refractivity contribution in [2.75, 3.05) is 19.6 Å². The van der Waals surface area contributed by atoms with Gasteiger partial charge in [0.15, 0.2) is 0 Å². The number of rotatable bonds is 9. The molecule has 2 fully saturated rings. The summed E-state index contributed by atoms with van der Waals surface area (Å²) in [6.45, 7) is 4.06. The summed E-state index contributed by atoms with van der Waals surface area (Å²) in [6.07, 6.45) is 3.24. The topological polar surface area (TPSA) is 49.5 Å². The van der Waals surface area contributed by atoms with E-state index in [-0.39, 0.29) is 12.2 Å². The average molecular weight is 468 g/mol. The number of hydrogen-bond acceptors (Lipinski definition) is 4. The molecule has 2 N–H and O–H groups in total. The monoisotopic (exact) mass is 467 g/mol. The molecule has 180 valence electrons. The SMILES string of the molecule is c1ccc(CO[C@H]2[C@H](OCc3ccccc3)C3CNC[C@@H]2N3CCc2c[nH]c3ccccc23)cc1. The lowest BCUT2D eigenvalue weighted by atomic mass is 10.1. The first kappa shape index (κ1) is 22.5. The van der Waals surface area contributed by atoms with Gasteiger partial charge in [-0.2, -0.15) is 0 Å². The van der Waals surface area contributed by atoms with Gasteiger partial charge in [-0.25, -0.2) is 0 Å². The normalized spacial score (nSPS) is 24.2. The molecule has 4 aromatic rings. The molecule has 2 aliphatic heterocycles. The van der Waals surface area contributed by atoms with E-state index in [0.29, 0.717) is 25.3 Å². The Balaban J connectivity index is 1.21. The molecule has 0 aliphatic carbocycles. The Kier molecular flexibility index (Phi) is 6.65. The summed E-state index contributed by atoms with van der Waals surface area (Å²) < 4.78 is 13.3. The molecule has 1 unspecified atom stereocenters. The summed E-state index contributed by atoms with van der Waals surface area (Å²) in [7, 11) is 0. The summed E-state index contributed by atoms with van der Waals surface area (Å²) in [6, 6.07) is 30.1. The molecule has 2 bridgehead atoms. The minimum absolute atomic E-state index is 0.0295. The minimum atomic E-state index is 0.0295. The molecule has 0 saturated carbocycles. The van der Waals surface area contributed by atoms with Crippen molar-refractivity contribution in [3.05, 3.63) is 108 Å². The van der Waals surface area contributed by atoms with Crippen LogP contribution < -0.4 is 5.32 Å². The molecule has 2 saturated heterocycles. The number of aromatic nitrogens is 1. The van der Waals surface area contributed by atoms with Crippen LogP contribution in [0.4, 0.5) is 0 Å². The number of nitrogens with one attached hydrogen (secondary N) is 2. The number of para-hydroxylation sites is 1. The highest BCUT2D eigenvalue weighted by Gasteiger charge is 2.52. The Bertz CT molecular complexity index is 1170. The van der Waals surface area contributed by atoms with Crippen molar-refractivity contribution in [2.24, 2.45) is 0 Å². The first-order valence-corrected chi connectivity index (χ1v) is 12.7. The highest BCUT2D eigenvalue weighted by atomic mass is 16.5. The van der Waals surface area contributed by atoms with Gasteiger partial charge >= 0.3 is 0 Å². The van der Waals surface area contributed by atoms with Crippen molar-refractivity contribution in [3.63, 3.8) is 0 Å². The molecule has 0 spiro atoms. The summed E-state index contributed by atoms with van der Waals surface area (Å²) in [5, 5.41) is 4.97. The number of fused-ring (bicyclic) bond motifs is 3. The molecule has 6 rings (SSSR count). The standard InChI is InChI=1S/C30H33N3O2/c1-3-9-22(10-4-1)20-34-29-27-18-31-19-28(30(29)35-21-23-11-5-2-6-12-23)33(27)16-15-24-17-32-26-14-8-7-13-25(24)26/h1-14,17,27-32H,15-16,18-21H2/t27-,28?,29+,30+/m0/s1. The first-order valence-electron chi connectivity index (χ1n) is 12.7. The molecule has 1 aromatic heterocycles. The molecule has 2 aliphatic rings. The lowest BCUT2D eigenvalue weighted by Crippen LogP contribution is -2.54. The highest BCUT2D eigenvalue weighted by molar-refractivity contribution is 5.83. The molecular formula is C30H33N3O2. The lowest BCUT2D eigenvalue weighted by Gasteiger charge is -2.36. The Morgan fingerprint density at radius 1 is 0.714 bits per heavy atom. The Labute approximate surface area is 207 Å². The van der Waals surface area contributed by atoms with Crippen LogP contribution in [0.25, 0.3) is 10.9 Å². The summed E-state index contributed by atoms with van der Waals surface area (Å²) in [4.78, 5) is 6.07. The van der Waals surface area contributed by atoms with E-state index in [1.165, 1.54) is 27.6 Å². The molecule has 5 heteroatoms. The molecule has 3 aromatic carbocycles. The van der Waals surface area contributed by atoms with E-state index in [4.69, 9.17) is 9.47 Å². The maximum atomic E-state index is 6.63. The largest absolute Gasteiger partial charge is 0.369 e. The van der Waals surface area contributed by atoms with Crippen molar-refractivity contribution < 1.29 is 9.47 Å². The maximum absolute atomic E-state index is 6.63. The molecular weight excluding hydrogens is 434 g/mol. The van der Waals surface area contributed by atoms with Crippen molar-refractivity contribution >= 4 is 10.9 Å². The fraction of sp³-hybridized carbons (Fsp3) is 0.333. The van der Waals surface area contributed by atoms with Gasteiger partial charge in [-0.1, -0.05) is 78.9 Å². The van der Waals surface area contributed by atoms with Crippen LogP contribution in [0.3, 0.4) is 0 Å². The van der Waals surface area contributed by atoms with Crippen LogP contribution in [0.2, 0.25) is 0 Å². The van der Waals surface area contributed by atoms with E-state index in [0.717, 1.165) is 26.1 Å². The zero-order valence-corrected chi connectivity index (χ0v) is 20.0. The van der Waals surface area contributed by atoms with Gasteiger partial charge in [0.05, 0.1) is 25.3 Å². The van der Waals surface area contributed by atoms with Gasteiger partial charge in [-0.05, 0) is 29.2 Å². The summed E-state index contributed by atoms with van der Waals surface area (Å²) in [5.74, 6) is 0. The van der Waals surface area contributed by atoms with Gasteiger partial charge < -0.3 is 19.8 Å². The van der Waals surface area contributed by atoms with Gasteiger partial charge in [0.25, 0.3) is 0 Å². The van der Waals surface area contributed by atoms with Gasteiger partial charge in [0.2, 0.25) is 0 Å². The minimum Gasteiger partial charge on any atom is -0.369 e. The predicted molar refractivity (Wildman–Crippen MR) is 139 cm³/mol. The third-order valence-corrected chi connectivity index (χ3v) is 7.53. The Morgan fingerprint density at radius 3 is 1.91 bits per heavy atom. The first-order chi connectivity index (χ1) is 17.4. The quantitative estimate of drug-likeness (QED) is 0.380. The van der Waals surface area contributed by atoms with Crippen LogP contribution in [0.5, 0.6) is 0 Å². The number of aromatic amines is 1. The van der Waals surface area contributed by atoms with E-state index in [2.05, 4.69) is 94.2 Å². The van der Waals surface area contributed by atoms with E-state index in [1.807, 2.05) is 12.1 Å². The van der Waals surface area contributed by atoms with Gasteiger partial charge in [0.1, 0.15) is 12.2 Å². The number of H-pyrrole nitrogens is 1. The number of piperazine rings is 1. The van der Waals surface area contributed by atoms with E-state index in [1.54, 1.807) is 0 Å². The second-order valence-corrected chi connectivity index (χ2v) is 9.66. The Morgan fingerprint density at radius 2 is 1.29 bits per heavy atom. The zero-order valence-electron chi connectivity index (χ0n) is 20.0. The second kappa shape index (κ2) is 10.3. The third-order valence-electron chi connectivity index (χ3n) is 7.53. The van der Waals surface area contributed by atoms with Crippen LogP contribution in [0.1, 0.15) is 16.7 Å². The van der Waals surface area contributed by atoms with Crippen molar-refractivity contribution in [1.29, 1.82) is 0 Å². The van der Waals surface area contributed by atoms with E-state index >= 15 is 0 Å². The number of ether oxygens (including phenoxy) is 2. The lowest BCUT2D eigenvalue weighted by molar-refractivity contribution is -0.0742. The molecule has 0 amide bonds. The number of hydrogen-bond donors (Lipinski definition) is 2. The second-order valence-electron chi connectivity index (χ2n) is 9.66. The Hall–Kier alpha value is -2.96.